The predicted octanol–water partition coefficient (Wildman–Crippen LogP) is 3.79. The molecule has 0 saturated carbocycles. The molecule has 0 fully saturated rings. The number of rotatable bonds is 6. The number of phenols is 1. The third-order valence-corrected chi connectivity index (χ3v) is 4.84. The number of aromatic hydroxyl groups is 1. The smallest absolute Gasteiger partial charge is 0.271 e. The predicted molar refractivity (Wildman–Crippen MR) is 115 cm³/mol. The van der Waals surface area contributed by atoms with Crippen LogP contribution in [-0.4, -0.2) is 34.1 Å². The third kappa shape index (κ3) is 5.03. The van der Waals surface area contributed by atoms with Gasteiger partial charge in [0, 0.05) is 11.3 Å². The monoisotopic (exact) mass is 456 g/mol. The number of ether oxygens (including phenoxy) is 1. The molecule has 29 heavy (non-hydrogen) atoms. The third-order valence-electron chi connectivity index (χ3n) is 4.26. The highest BCUT2D eigenvalue weighted by molar-refractivity contribution is 9.10. The second-order valence-corrected chi connectivity index (χ2v) is 7.39. The molecule has 0 radical (unpaired) electrons. The first-order chi connectivity index (χ1) is 13.9. The number of hydrazone groups is 1. The van der Waals surface area contributed by atoms with E-state index in [1.165, 1.54) is 19.4 Å². The summed E-state index contributed by atoms with van der Waals surface area (Å²) in [6.45, 7) is 4.54. The average Bonchev–Trinajstić information content (AvgIpc) is 2.98. The topological polar surface area (TPSA) is 88.7 Å². The minimum Gasteiger partial charge on any atom is -0.504 e. The molecule has 0 aliphatic heterocycles. The first-order valence-electron chi connectivity index (χ1n) is 8.87. The molecular formula is C21H21BrN4O3. The van der Waals surface area contributed by atoms with Gasteiger partial charge in [0.05, 0.1) is 30.0 Å². The lowest BCUT2D eigenvalue weighted by molar-refractivity contribution is 0.0955. The lowest BCUT2D eigenvalue weighted by atomic mass is 10.1. The number of methoxy groups -OCH3 is 1. The Kier molecular flexibility index (Phi) is 6.33. The molecule has 1 aromatic heterocycles. The molecule has 0 aliphatic rings. The molecule has 3 aromatic rings. The van der Waals surface area contributed by atoms with Crippen molar-refractivity contribution in [2.45, 2.75) is 20.4 Å². The van der Waals surface area contributed by atoms with E-state index < -0.39 is 0 Å². The fourth-order valence-corrected chi connectivity index (χ4v) is 3.55. The van der Waals surface area contributed by atoms with Crippen molar-refractivity contribution in [3.8, 4) is 11.5 Å². The summed E-state index contributed by atoms with van der Waals surface area (Å²) in [5, 5.41) is 18.3. The first-order valence-corrected chi connectivity index (χ1v) is 9.66. The highest BCUT2D eigenvalue weighted by Crippen LogP contribution is 2.34. The number of amides is 1. The van der Waals surface area contributed by atoms with Crippen LogP contribution in [0.15, 0.2) is 52.0 Å². The lowest BCUT2D eigenvalue weighted by Crippen LogP contribution is -2.18. The zero-order valence-electron chi connectivity index (χ0n) is 16.3. The number of aromatic nitrogens is 2. The molecule has 0 aliphatic carbocycles. The van der Waals surface area contributed by atoms with Gasteiger partial charge in [0.25, 0.3) is 5.91 Å². The van der Waals surface area contributed by atoms with Crippen LogP contribution in [0.5, 0.6) is 11.5 Å². The van der Waals surface area contributed by atoms with Crippen LogP contribution in [-0.2, 0) is 6.54 Å². The molecule has 3 rings (SSSR count). The summed E-state index contributed by atoms with van der Waals surface area (Å²) in [6.07, 6.45) is 1.45. The number of hydrogen-bond acceptors (Lipinski definition) is 5. The second kappa shape index (κ2) is 8.91. The van der Waals surface area contributed by atoms with Crippen LogP contribution in [0.4, 0.5) is 0 Å². The number of carbonyl (C=O) groups is 1. The maximum atomic E-state index is 12.4. The van der Waals surface area contributed by atoms with E-state index in [1.54, 1.807) is 12.1 Å². The van der Waals surface area contributed by atoms with Gasteiger partial charge in [-0.05, 0) is 71.2 Å². The molecule has 7 nitrogen and oxygen atoms in total. The van der Waals surface area contributed by atoms with Gasteiger partial charge >= 0.3 is 0 Å². The number of hydrogen-bond donors (Lipinski definition) is 2. The van der Waals surface area contributed by atoms with E-state index in [1.807, 2.05) is 42.8 Å². The number of halogens is 1. The minimum atomic E-state index is -0.326. The fourth-order valence-electron chi connectivity index (χ4n) is 2.92. The molecule has 8 heteroatoms. The first kappa shape index (κ1) is 20.6. The Labute approximate surface area is 177 Å². The summed E-state index contributed by atoms with van der Waals surface area (Å²) >= 11 is 3.32. The maximum Gasteiger partial charge on any atom is 0.271 e. The van der Waals surface area contributed by atoms with Crippen molar-refractivity contribution in [3.63, 3.8) is 0 Å². The van der Waals surface area contributed by atoms with Crippen molar-refractivity contribution in [1.29, 1.82) is 0 Å². The highest BCUT2D eigenvalue weighted by atomic mass is 79.9. The van der Waals surface area contributed by atoms with Crippen molar-refractivity contribution in [2.24, 2.45) is 5.10 Å². The summed E-state index contributed by atoms with van der Waals surface area (Å²) in [7, 11) is 1.47. The average molecular weight is 457 g/mol. The lowest BCUT2D eigenvalue weighted by Gasteiger charge is -2.07. The van der Waals surface area contributed by atoms with Crippen LogP contribution in [0, 0.1) is 13.8 Å². The van der Waals surface area contributed by atoms with Crippen LogP contribution < -0.4 is 10.2 Å². The van der Waals surface area contributed by atoms with Crippen molar-refractivity contribution < 1.29 is 14.6 Å². The minimum absolute atomic E-state index is 0.0218. The van der Waals surface area contributed by atoms with Crippen LogP contribution in [0.3, 0.4) is 0 Å². The summed E-state index contributed by atoms with van der Waals surface area (Å²) < 4.78 is 7.57. The molecule has 0 spiro atoms. The van der Waals surface area contributed by atoms with Gasteiger partial charge in [-0.15, -0.1) is 0 Å². The molecule has 2 N–H and O–H groups in total. The standard InChI is InChI=1S/C21H21BrN4O3/c1-13-7-14(2)26(25-13)12-15-5-4-6-17(8-15)21(28)24-23-11-16-9-18(22)20(29-3)19(27)10-16/h4-11,27H,12H2,1-3H3,(H,24,28). The Hall–Kier alpha value is -3.13. The van der Waals surface area contributed by atoms with Crippen molar-refractivity contribution >= 4 is 28.1 Å². The van der Waals surface area contributed by atoms with Crippen molar-refractivity contribution in [3.05, 3.63) is 75.0 Å². The maximum absolute atomic E-state index is 12.4. The van der Waals surface area contributed by atoms with Gasteiger partial charge in [0.15, 0.2) is 11.5 Å². The number of carbonyl (C=O) groups excluding carboxylic acids is 1. The van der Waals surface area contributed by atoms with E-state index in [-0.39, 0.29) is 11.7 Å². The molecule has 0 atom stereocenters. The Morgan fingerprint density at radius 3 is 2.76 bits per heavy atom. The normalized spacial score (nSPS) is 11.0. The second-order valence-electron chi connectivity index (χ2n) is 6.54. The number of aryl methyl sites for hydroxylation is 2. The van der Waals surface area contributed by atoms with Gasteiger partial charge in [-0.2, -0.15) is 10.2 Å². The van der Waals surface area contributed by atoms with Gasteiger partial charge in [-0.25, -0.2) is 5.43 Å². The zero-order valence-corrected chi connectivity index (χ0v) is 17.9. The van der Waals surface area contributed by atoms with Crippen LogP contribution in [0.25, 0.3) is 0 Å². The molecule has 150 valence electrons. The largest absolute Gasteiger partial charge is 0.504 e. The SMILES string of the molecule is COc1c(O)cc(C=NNC(=O)c2cccc(Cn3nc(C)cc3C)c2)cc1Br. The number of nitrogens with one attached hydrogen (secondary N) is 1. The quantitative estimate of drug-likeness (QED) is 0.436. The van der Waals surface area contributed by atoms with Gasteiger partial charge in [0.2, 0.25) is 0 Å². The van der Waals surface area contributed by atoms with Crippen molar-refractivity contribution in [2.75, 3.05) is 7.11 Å². The Balaban J connectivity index is 1.68. The molecule has 1 heterocycles. The van der Waals surface area contributed by atoms with E-state index in [2.05, 4.69) is 31.6 Å². The number of nitrogens with zero attached hydrogens (tertiary/aromatic N) is 3. The zero-order chi connectivity index (χ0) is 21.0. The van der Waals surface area contributed by atoms with Crippen LogP contribution in [0.2, 0.25) is 0 Å². The molecular weight excluding hydrogens is 436 g/mol. The van der Waals surface area contributed by atoms with E-state index in [9.17, 15) is 9.90 Å². The summed E-state index contributed by atoms with van der Waals surface area (Å²) in [5.41, 5.74) is 6.60. The Bertz CT molecular complexity index is 1050. The van der Waals surface area contributed by atoms with E-state index in [0.717, 1.165) is 17.0 Å². The van der Waals surface area contributed by atoms with E-state index in [4.69, 9.17) is 4.74 Å². The molecule has 1 amide bonds. The van der Waals surface area contributed by atoms with E-state index in [0.29, 0.717) is 27.9 Å². The molecule has 0 saturated heterocycles. The Morgan fingerprint density at radius 2 is 2.10 bits per heavy atom. The molecule has 0 unspecified atom stereocenters. The summed E-state index contributed by atoms with van der Waals surface area (Å²) in [5.74, 6) is -0.00890. The summed E-state index contributed by atoms with van der Waals surface area (Å²) in [6, 6.07) is 12.6. The number of phenolic OH excluding ortho intramolecular Hbond substituents is 1. The number of benzene rings is 2. The van der Waals surface area contributed by atoms with Crippen molar-refractivity contribution in [1.82, 2.24) is 15.2 Å². The van der Waals surface area contributed by atoms with Gasteiger partial charge in [-0.3, -0.25) is 9.48 Å². The highest BCUT2D eigenvalue weighted by Gasteiger charge is 2.09. The Morgan fingerprint density at radius 1 is 1.31 bits per heavy atom. The van der Waals surface area contributed by atoms with Gasteiger partial charge in [-0.1, -0.05) is 12.1 Å². The van der Waals surface area contributed by atoms with Gasteiger partial charge in [0.1, 0.15) is 0 Å². The van der Waals surface area contributed by atoms with Gasteiger partial charge < -0.3 is 9.84 Å². The molecule has 2 aromatic carbocycles. The fraction of sp³-hybridized carbons (Fsp3) is 0.190. The molecule has 0 bridgehead atoms. The van der Waals surface area contributed by atoms with Crippen LogP contribution in [0.1, 0.15) is 32.9 Å². The summed E-state index contributed by atoms with van der Waals surface area (Å²) in [4.78, 5) is 12.4. The van der Waals surface area contributed by atoms with Crippen LogP contribution >= 0.6 is 15.9 Å². The van der Waals surface area contributed by atoms with E-state index >= 15 is 0 Å².